The highest BCUT2D eigenvalue weighted by molar-refractivity contribution is 6.18. The number of hydrogen-bond donors (Lipinski definition) is 1. The highest BCUT2D eigenvalue weighted by Crippen LogP contribution is 2.11. The maximum absolute atomic E-state index is 12.0. The number of hydrogen-bond acceptors (Lipinski definition) is 3. The van der Waals surface area contributed by atoms with Crippen LogP contribution in [-0.2, 0) is 0 Å². The molecule has 4 nitrogen and oxygen atoms in total. The van der Waals surface area contributed by atoms with Crippen LogP contribution in [0, 0.1) is 0 Å². The van der Waals surface area contributed by atoms with Gasteiger partial charge in [0.1, 0.15) is 0 Å². The third kappa shape index (κ3) is 2.76. The fraction of sp³-hybridized carbons (Fsp3) is 0.308. The Morgan fingerprint density at radius 3 is 2.72 bits per heavy atom. The molecule has 2 rings (SSSR count). The molecular formula is C13H14ClN3O. The summed E-state index contributed by atoms with van der Waals surface area (Å²) in [6.45, 7) is 1.99. The second-order valence-electron chi connectivity index (χ2n) is 3.99. The van der Waals surface area contributed by atoms with Crippen molar-refractivity contribution in [2.45, 2.75) is 19.4 Å². The summed E-state index contributed by atoms with van der Waals surface area (Å²) in [5, 5.41) is 2.88. The van der Waals surface area contributed by atoms with Crippen molar-refractivity contribution in [3.05, 3.63) is 36.2 Å². The molecule has 0 fully saturated rings. The van der Waals surface area contributed by atoms with E-state index in [1.54, 1.807) is 30.6 Å². The number of alkyl halides is 1. The predicted molar refractivity (Wildman–Crippen MR) is 71.8 cm³/mol. The van der Waals surface area contributed by atoms with Crippen molar-refractivity contribution in [1.82, 2.24) is 15.3 Å². The molecule has 1 amide bonds. The number of carbonyl (C=O) groups is 1. The second kappa shape index (κ2) is 5.78. The van der Waals surface area contributed by atoms with Gasteiger partial charge in [0.25, 0.3) is 5.91 Å². The molecule has 5 heteroatoms. The van der Waals surface area contributed by atoms with Gasteiger partial charge in [-0.05, 0) is 24.6 Å². The van der Waals surface area contributed by atoms with Gasteiger partial charge in [-0.2, -0.15) is 0 Å². The van der Waals surface area contributed by atoms with E-state index < -0.39 is 0 Å². The van der Waals surface area contributed by atoms with E-state index in [2.05, 4.69) is 15.3 Å². The Morgan fingerprint density at radius 1 is 1.33 bits per heavy atom. The monoisotopic (exact) mass is 263 g/mol. The molecule has 1 aromatic heterocycles. The Kier molecular flexibility index (Phi) is 4.10. The van der Waals surface area contributed by atoms with Crippen LogP contribution in [0.2, 0.25) is 0 Å². The third-order valence-corrected chi connectivity index (χ3v) is 3.12. The molecule has 0 bridgehead atoms. The first kappa shape index (κ1) is 12.8. The third-order valence-electron chi connectivity index (χ3n) is 2.75. The van der Waals surface area contributed by atoms with Crippen molar-refractivity contribution in [1.29, 1.82) is 0 Å². The Bertz CT molecular complexity index is 555. The summed E-state index contributed by atoms with van der Waals surface area (Å²) in [5.74, 6) is 0.283. The molecule has 1 aromatic carbocycles. The van der Waals surface area contributed by atoms with Gasteiger partial charge in [-0.1, -0.05) is 6.92 Å². The lowest BCUT2D eigenvalue weighted by Gasteiger charge is -2.13. The lowest BCUT2D eigenvalue weighted by atomic mass is 10.1. The van der Waals surface area contributed by atoms with E-state index in [0.29, 0.717) is 17.0 Å². The van der Waals surface area contributed by atoms with Crippen molar-refractivity contribution in [3.8, 4) is 0 Å². The van der Waals surface area contributed by atoms with Crippen LogP contribution in [0.1, 0.15) is 23.7 Å². The number of aromatic nitrogens is 2. The highest BCUT2D eigenvalue weighted by atomic mass is 35.5. The number of benzene rings is 1. The van der Waals surface area contributed by atoms with Gasteiger partial charge < -0.3 is 5.32 Å². The molecule has 0 radical (unpaired) electrons. The molecule has 0 spiro atoms. The van der Waals surface area contributed by atoms with Crippen LogP contribution >= 0.6 is 11.6 Å². The molecule has 2 aromatic rings. The second-order valence-corrected chi connectivity index (χ2v) is 4.30. The summed E-state index contributed by atoms with van der Waals surface area (Å²) in [4.78, 5) is 20.3. The lowest BCUT2D eigenvalue weighted by Crippen LogP contribution is -2.35. The molecule has 0 aliphatic carbocycles. The number of carbonyl (C=O) groups excluding carboxylic acids is 1. The van der Waals surface area contributed by atoms with E-state index in [4.69, 9.17) is 11.6 Å². The van der Waals surface area contributed by atoms with E-state index in [0.717, 1.165) is 11.9 Å². The van der Waals surface area contributed by atoms with Crippen LogP contribution in [0.15, 0.2) is 30.6 Å². The average Bonchev–Trinajstić information content (AvgIpc) is 2.44. The van der Waals surface area contributed by atoms with Crippen LogP contribution in [0.3, 0.4) is 0 Å². The van der Waals surface area contributed by atoms with Gasteiger partial charge in [-0.3, -0.25) is 14.8 Å². The van der Waals surface area contributed by atoms with Crippen LogP contribution < -0.4 is 5.32 Å². The number of nitrogens with zero attached hydrogens (tertiary/aromatic N) is 2. The molecule has 1 N–H and O–H groups in total. The number of fused-ring (bicyclic) bond motifs is 1. The molecule has 0 aliphatic rings. The summed E-state index contributed by atoms with van der Waals surface area (Å²) < 4.78 is 0. The maximum atomic E-state index is 12.0. The fourth-order valence-electron chi connectivity index (χ4n) is 1.62. The number of rotatable bonds is 4. The molecule has 94 valence electrons. The highest BCUT2D eigenvalue weighted by Gasteiger charge is 2.11. The molecule has 1 unspecified atom stereocenters. The van der Waals surface area contributed by atoms with Gasteiger partial charge in [-0.15, -0.1) is 11.6 Å². The molecule has 1 heterocycles. The number of nitrogens with one attached hydrogen (secondary N) is 1. The summed E-state index contributed by atoms with van der Waals surface area (Å²) in [7, 11) is 0. The quantitative estimate of drug-likeness (QED) is 0.862. The van der Waals surface area contributed by atoms with Crippen LogP contribution in [-0.4, -0.2) is 27.8 Å². The summed E-state index contributed by atoms with van der Waals surface area (Å²) in [6, 6.07) is 5.27. The van der Waals surface area contributed by atoms with Crippen LogP contribution in [0.5, 0.6) is 0 Å². The van der Waals surface area contributed by atoms with Crippen LogP contribution in [0.4, 0.5) is 0 Å². The SMILES string of the molecule is CCC(CCl)NC(=O)c1ccc2nccnc2c1. The smallest absolute Gasteiger partial charge is 0.251 e. The minimum atomic E-state index is -0.130. The standard InChI is InChI=1S/C13H14ClN3O/c1-2-10(8-14)17-13(18)9-3-4-11-12(7-9)16-6-5-15-11/h3-7,10H,2,8H2,1H3,(H,17,18). The Hall–Kier alpha value is -1.68. The normalized spacial score (nSPS) is 12.3. The maximum Gasteiger partial charge on any atom is 0.251 e. The first-order valence-electron chi connectivity index (χ1n) is 5.82. The molecule has 0 aliphatic heterocycles. The first-order chi connectivity index (χ1) is 8.74. The van der Waals surface area contributed by atoms with Gasteiger partial charge in [0.05, 0.1) is 11.0 Å². The first-order valence-corrected chi connectivity index (χ1v) is 6.35. The Balaban J connectivity index is 2.22. The van der Waals surface area contributed by atoms with Crippen LogP contribution in [0.25, 0.3) is 11.0 Å². The topological polar surface area (TPSA) is 54.9 Å². The summed E-state index contributed by atoms with van der Waals surface area (Å²) >= 11 is 5.76. The van der Waals surface area contributed by atoms with E-state index in [9.17, 15) is 4.79 Å². The van der Waals surface area contributed by atoms with Gasteiger partial charge in [0, 0.05) is 29.9 Å². The molecule has 1 atom stereocenters. The molecular weight excluding hydrogens is 250 g/mol. The number of halogens is 1. The minimum absolute atomic E-state index is 0.00304. The molecule has 0 saturated heterocycles. The van der Waals surface area contributed by atoms with Gasteiger partial charge in [0.2, 0.25) is 0 Å². The van der Waals surface area contributed by atoms with Crippen molar-refractivity contribution in [3.63, 3.8) is 0 Å². The average molecular weight is 264 g/mol. The van der Waals surface area contributed by atoms with Gasteiger partial charge in [0.15, 0.2) is 0 Å². The number of amides is 1. The van der Waals surface area contributed by atoms with Crippen molar-refractivity contribution in [2.75, 3.05) is 5.88 Å². The van der Waals surface area contributed by atoms with Crippen molar-refractivity contribution >= 4 is 28.5 Å². The van der Waals surface area contributed by atoms with E-state index in [1.807, 2.05) is 6.92 Å². The largest absolute Gasteiger partial charge is 0.348 e. The van der Waals surface area contributed by atoms with Gasteiger partial charge in [-0.25, -0.2) is 0 Å². The summed E-state index contributed by atoms with van der Waals surface area (Å²) in [5.41, 5.74) is 2.06. The molecule has 0 saturated carbocycles. The fourth-order valence-corrected chi connectivity index (χ4v) is 1.92. The zero-order valence-corrected chi connectivity index (χ0v) is 10.8. The zero-order chi connectivity index (χ0) is 13.0. The minimum Gasteiger partial charge on any atom is -0.348 e. The summed E-state index contributed by atoms with van der Waals surface area (Å²) in [6.07, 6.45) is 4.04. The Labute approximate surface area is 110 Å². The lowest BCUT2D eigenvalue weighted by molar-refractivity contribution is 0.0940. The van der Waals surface area contributed by atoms with E-state index in [-0.39, 0.29) is 11.9 Å². The van der Waals surface area contributed by atoms with Crippen molar-refractivity contribution in [2.24, 2.45) is 0 Å². The molecule has 18 heavy (non-hydrogen) atoms. The predicted octanol–water partition coefficient (Wildman–Crippen LogP) is 2.38. The van der Waals surface area contributed by atoms with E-state index >= 15 is 0 Å². The van der Waals surface area contributed by atoms with Gasteiger partial charge >= 0.3 is 0 Å². The van der Waals surface area contributed by atoms with E-state index in [1.165, 1.54) is 0 Å². The van der Waals surface area contributed by atoms with Crippen molar-refractivity contribution < 1.29 is 4.79 Å². The zero-order valence-electron chi connectivity index (χ0n) is 10.1. The Morgan fingerprint density at radius 2 is 2.06 bits per heavy atom.